The second kappa shape index (κ2) is 4.68. The average molecular weight is 254 g/mol. The number of nitrogens with zero attached hydrogens (tertiary/aromatic N) is 1. The highest BCUT2D eigenvalue weighted by Crippen LogP contribution is 2.36. The summed E-state index contributed by atoms with van der Waals surface area (Å²) < 4.78 is 36.9. The van der Waals surface area contributed by atoms with Crippen molar-refractivity contribution in [1.82, 2.24) is 10.3 Å². The van der Waals surface area contributed by atoms with E-state index in [1.807, 2.05) is 0 Å². The second-order valence-electron chi connectivity index (χ2n) is 3.65. The Morgan fingerprint density at radius 3 is 2.56 bits per heavy atom. The summed E-state index contributed by atoms with van der Waals surface area (Å²) in [5.41, 5.74) is -1.27. The van der Waals surface area contributed by atoms with Gasteiger partial charge in [-0.05, 0) is 26.9 Å². The molecule has 1 aromatic rings. The normalized spacial score (nSPS) is 16.1. The summed E-state index contributed by atoms with van der Waals surface area (Å²) in [6, 6.07) is 0. The number of rotatable bonds is 4. The molecule has 0 fully saturated rings. The molecule has 0 radical (unpaired) electrons. The van der Waals surface area contributed by atoms with Gasteiger partial charge >= 0.3 is 6.18 Å². The molecular formula is C9H13F3N2OS. The fraction of sp³-hybridized carbons (Fsp3) is 0.667. The first-order valence-corrected chi connectivity index (χ1v) is 5.49. The van der Waals surface area contributed by atoms with Crippen LogP contribution >= 0.6 is 11.3 Å². The number of nitrogens with one attached hydrogen (secondary N) is 1. The molecular weight excluding hydrogens is 241 g/mol. The van der Waals surface area contributed by atoms with E-state index in [2.05, 4.69) is 10.3 Å². The van der Waals surface area contributed by atoms with Gasteiger partial charge in [0, 0.05) is 6.20 Å². The van der Waals surface area contributed by atoms with E-state index in [4.69, 9.17) is 0 Å². The average Bonchev–Trinajstić information content (AvgIpc) is 2.63. The summed E-state index contributed by atoms with van der Waals surface area (Å²) in [6.07, 6.45) is -3.02. The molecule has 0 amide bonds. The zero-order valence-corrected chi connectivity index (χ0v) is 9.74. The SMILES string of the molecule is CNCCC(C)(O)c1cnc(C(F)(F)F)s1. The van der Waals surface area contributed by atoms with Gasteiger partial charge in [-0.25, -0.2) is 4.98 Å². The van der Waals surface area contributed by atoms with Crippen molar-refractivity contribution in [3.05, 3.63) is 16.1 Å². The number of hydrogen-bond acceptors (Lipinski definition) is 4. The molecule has 0 bridgehead atoms. The Labute approximate surface area is 95.3 Å². The van der Waals surface area contributed by atoms with Gasteiger partial charge in [-0.1, -0.05) is 0 Å². The van der Waals surface area contributed by atoms with E-state index in [9.17, 15) is 18.3 Å². The quantitative estimate of drug-likeness (QED) is 0.863. The van der Waals surface area contributed by atoms with Crippen molar-refractivity contribution in [2.75, 3.05) is 13.6 Å². The molecule has 0 spiro atoms. The van der Waals surface area contributed by atoms with Gasteiger partial charge < -0.3 is 10.4 Å². The van der Waals surface area contributed by atoms with E-state index in [1.165, 1.54) is 6.92 Å². The molecule has 1 atom stereocenters. The Hall–Kier alpha value is -0.660. The summed E-state index contributed by atoms with van der Waals surface area (Å²) >= 11 is 0.483. The van der Waals surface area contributed by atoms with Crippen molar-refractivity contribution in [1.29, 1.82) is 0 Å². The van der Waals surface area contributed by atoms with Gasteiger partial charge in [0.25, 0.3) is 0 Å². The monoisotopic (exact) mass is 254 g/mol. The molecule has 0 saturated carbocycles. The van der Waals surface area contributed by atoms with Crippen LogP contribution in [0.25, 0.3) is 0 Å². The molecule has 0 aromatic carbocycles. The van der Waals surface area contributed by atoms with Crippen LogP contribution in [0.3, 0.4) is 0 Å². The van der Waals surface area contributed by atoms with E-state index < -0.39 is 16.8 Å². The van der Waals surface area contributed by atoms with Crippen LogP contribution in [0.2, 0.25) is 0 Å². The zero-order chi connectivity index (χ0) is 12.4. The Morgan fingerprint density at radius 2 is 2.12 bits per heavy atom. The summed E-state index contributed by atoms with van der Waals surface area (Å²) in [5, 5.41) is 11.9. The van der Waals surface area contributed by atoms with E-state index in [0.29, 0.717) is 24.3 Å². The Bertz CT molecular complexity index is 349. The summed E-state index contributed by atoms with van der Waals surface area (Å²) in [7, 11) is 1.71. The number of alkyl halides is 3. The predicted molar refractivity (Wildman–Crippen MR) is 55.2 cm³/mol. The van der Waals surface area contributed by atoms with Crippen LogP contribution in [0.5, 0.6) is 0 Å². The summed E-state index contributed by atoms with van der Waals surface area (Å²) in [5.74, 6) is 0. The smallest absolute Gasteiger partial charge is 0.385 e. The highest BCUT2D eigenvalue weighted by atomic mass is 32.1. The number of halogens is 3. The zero-order valence-electron chi connectivity index (χ0n) is 8.93. The van der Waals surface area contributed by atoms with Gasteiger partial charge in [-0.15, -0.1) is 11.3 Å². The van der Waals surface area contributed by atoms with Crippen LogP contribution in [0.4, 0.5) is 13.2 Å². The first kappa shape index (κ1) is 13.4. The van der Waals surface area contributed by atoms with Crippen molar-refractivity contribution >= 4 is 11.3 Å². The Kier molecular flexibility index (Phi) is 3.92. The molecule has 0 saturated heterocycles. The first-order chi connectivity index (χ1) is 7.27. The Morgan fingerprint density at radius 1 is 1.50 bits per heavy atom. The molecule has 1 heterocycles. The molecule has 1 unspecified atom stereocenters. The van der Waals surface area contributed by atoms with Crippen molar-refractivity contribution in [2.45, 2.75) is 25.1 Å². The van der Waals surface area contributed by atoms with Gasteiger partial charge in [0.1, 0.15) is 0 Å². The topological polar surface area (TPSA) is 45.1 Å². The van der Waals surface area contributed by atoms with E-state index >= 15 is 0 Å². The third-order valence-electron chi connectivity index (χ3n) is 2.14. The first-order valence-electron chi connectivity index (χ1n) is 4.68. The van der Waals surface area contributed by atoms with Gasteiger partial charge in [-0.3, -0.25) is 0 Å². The minimum Gasteiger partial charge on any atom is -0.385 e. The highest BCUT2D eigenvalue weighted by Gasteiger charge is 2.36. The minimum atomic E-state index is -4.44. The number of hydrogen-bond donors (Lipinski definition) is 2. The van der Waals surface area contributed by atoms with Crippen LogP contribution in [0.15, 0.2) is 6.20 Å². The van der Waals surface area contributed by atoms with E-state index in [0.717, 1.165) is 6.20 Å². The predicted octanol–water partition coefficient (Wildman–Crippen LogP) is 1.98. The lowest BCUT2D eigenvalue weighted by Gasteiger charge is -2.20. The Balaban J connectivity index is 2.84. The lowest BCUT2D eigenvalue weighted by atomic mass is 10.0. The van der Waals surface area contributed by atoms with Crippen molar-refractivity contribution in [3.8, 4) is 0 Å². The van der Waals surface area contributed by atoms with Crippen LogP contribution in [-0.4, -0.2) is 23.7 Å². The standard InChI is InChI=1S/C9H13F3N2OS/c1-8(15,3-4-13-2)6-5-14-7(16-6)9(10,11)12/h5,13,15H,3-4H2,1-2H3. The fourth-order valence-corrected chi connectivity index (χ4v) is 2.00. The van der Waals surface area contributed by atoms with Crippen LogP contribution < -0.4 is 5.32 Å². The third-order valence-corrected chi connectivity index (χ3v) is 3.44. The molecule has 0 aliphatic rings. The van der Waals surface area contributed by atoms with Crippen molar-refractivity contribution < 1.29 is 18.3 Å². The molecule has 0 aliphatic heterocycles. The fourth-order valence-electron chi connectivity index (χ4n) is 1.15. The van der Waals surface area contributed by atoms with Gasteiger partial charge in [0.15, 0.2) is 5.01 Å². The highest BCUT2D eigenvalue weighted by molar-refractivity contribution is 7.11. The maximum Gasteiger partial charge on any atom is 0.443 e. The van der Waals surface area contributed by atoms with Gasteiger partial charge in [0.2, 0.25) is 0 Å². The minimum absolute atomic E-state index is 0.232. The summed E-state index contributed by atoms with van der Waals surface area (Å²) in [6.45, 7) is 2.00. The molecule has 16 heavy (non-hydrogen) atoms. The van der Waals surface area contributed by atoms with Gasteiger partial charge in [-0.2, -0.15) is 13.2 Å². The molecule has 0 aliphatic carbocycles. The number of aromatic nitrogens is 1. The molecule has 3 nitrogen and oxygen atoms in total. The van der Waals surface area contributed by atoms with Crippen LogP contribution in [0, 0.1) is 0 Å². The van der Waals surface area contributed by atoms with E-state index in [1.54, 1.807) is 7.05 Å². The molecule has 92 valence electrons. The van der Waals surface area contributed by atoms with Crippen LogP contribution in [0.1, 0.15) is 23.2 Å². The largest absolute Gasteiger partial charge is 0.443 e. The lowest BCUT2D eigenvalue weighted by Crippen LogP contribution is -2.25. The molecule has 1 rings (SSSR count). The van der Waals surface area contributed by atoms with Crippen LogP contribution in [-0.2, 0) is 11.8 Å². The molecule has 2 N–H and O–H groups in total. The second-order valence-corrected chi connectivity index (χ2v) is 4.69. The van der Waals surface area contributed by atoms with Crippen molar-refractivity contribution in [3.63, 3.8) is 0 Å². The lowest BCUT2D eigenvalue weighted by molar-refractivity contribution is -0.137. The third kappa shape index (κ3) is 3.16. The maximum atomic E-state index is 12.3. The maximum absolute atomic E-state index is 12.3. The van der Waals surface area contributed by atoms with Crippen molar-refractivity contribution in [2.24, 2.45) is 0 Å². The molecule has 1 aromatic heterocycles. The number of thiazole rings is 1. The van der Waals surface area contributed by atoms with E-state index in [-0.39, 0.29) is 4.88 Å². The van der Waals surface area contributed by atoms with Gasteiger partial charge in [0.05, 0.1) is 10.5 Å². The number of aliphatic hydroxyl groups is 1. The molecule has 7 heteroatoms. The summed E-state index contributed by atoms with van der Waals surface area (Å²) in [4.78, 5) is 3.51.